The largest absolute Gasteiger partial charge is 0.394 e. The monoisotopic (exact) mass is 503 g/mol. The number of aliphatic hydroxyl groups excluding tert-OH is 3. The molecule has 35 heavy (non-hydrogen) atoms. The average molecular weight is 504 g/mol. The first-order valence-electron chi connectivity index (χ1n) is 12.0. The molecule has 3 saturated heterocycles. The van der Waals surface area contributed by atoms with Crippen molar-refractivity contribution in [3.8, 4) is 0 Å². The maximum absolute atomic E-state index is 13.2. The van der Waals surface area contributed by atoms with Crippen molar-refractivity contribution in [1.82, 2.24) is 5.32 Å². The Hall–Kier alpha value is -1.15. The summed E-state index contributed by atoms with van der Waals surface area (Å²) in [6, 6.07) is 0. The maximum Gasteiger partial charge on any atom is 0.256 e. The third-order valence-electron chi connectivity index (χ3n) is 7.77. The molecule has 0 aliphatic carbocycles. The predicted molar refractivity (Wildman–Crippen MR) is 123 cm³/mol. The molecular formula is C24H41NO10. The molecule has 10 atom stereocenters. The fourth-order valence-electron chi connectivity index (χ4n) is 5.26. The van der Waals surface area contributed by atoms with Crippen LogP contribution >= 0.6 is 0 Å². The van der Waals surface area contributed by atoms with Crippen LogP contribution in [0.3, 0.4) is 0 Å². The Labute approximate surface area is 206 Å². The van der Waals surface area contributed by atoms with Gasteiger partial charge in [0.2, 0.25) is 5.79 Å². The zero-order chi connectivity index (χ0) is 26.1. The standard InChI is InChI=1S/C24H41NO10/c1-12-9-24(31-7,35-14(3)13(12)2)19(28)21(29)25-22-18-17(32-11-33-22)20(30-6)23(4,5)16(34-18)8-15(27)10-26/h13-20,22,26-28H,1,8-11H2,2-7H3,(H,25,29)/t13-,14-,15+,16-,17+,18+,19-,20-,22?,24-/m1/s1. The molecule has 202 valence electrons. The highest BCUT2D eigenvalue weighted by molar-refractivity contribution is 5.82. The molecule has 1 amide bonds. The van der Waals surface area contributed by atoms with E-state index in [4.69, 9.17) is 28.4 Å². The first kappa shape index (κ1) is 28.4. The summed E-state index contributed by atoms with van der Waals surface area (Å²) in [6.45, 7) is 11.2. The molecule has 11 heteroatoms. The van der Waals surface area contributed by atoms with Crippen molar-refractivity contribution in [3.05, 3.63) is 12.2 Å². The highest BCUT2D eigenvalue weighted by atomic mass is 16.7. The molecule has 3 rings (SSSR count). The van der Waals surface area contributed by atoms with Crippen LogP contribution in [-0.2, 0) is 33.2 Å². The summed E-state index contributed by atoms with van der Waals surface area (Å²) < 4.78 is 35.0. The second-order valence-corrected chi connectivity index (χ2v) is 10.3. The molecule has 3 aliphatic heterocycles. The van der Waals surface area contributed by atoms with Gasteiger partial charge in [0.15, 0.2) is 12.3 Å². The summed E-state index contributed by atoms with van der Waals surface area (Å²) in [5, 5.41) is 33.1. The number of amides is 1. The van der Waals surface area contributed by atoms with Gasteiger partial charge >= 0.3 is 0 Å². The minimum atomic E-state index is -1.67. The second-order valence-electron chi connectivity index (χ2n) is 10.3. The summed E-state index contributed by atoms with van der Waals surface area (Å²) in [5.74, 6) is -2.30. The van der Waals surface area contributed by atoms with E-state index >= 15 is 0 Å². The van der Waals surface area contributed by atoms with Gasteiger partial charge < -0.3 is 49.1 Å². The molecule has 0 aromatic rings. The lowest BCUT2D eigenvalue weighted by Gasteiger charge is -2.54. The van der Waals surface area contributed by atoms with Gasteiger partial charge in [0.25, 0.3) is 5.91 Å². The quantitative estimate of drug-likeness (QED) is 0.336. The zero-order valence-electron chi connectivity index (χ0n) is 21.4. The van der Waals surface area contributed by atoms with E-state index in [1.807, 2.05) is 27.7 Å². The van der Waals surface area contributed by atoms with Gasteiger partial charge in [0.1, 0.15) is 19.0 Å². The van der Waals surface area contributed by atoms with Crippen molar-refractivity contribution in [2.24, 2.45) is 11.3 Å². The molecule has 0 bridgehead atoms. The molecule has 0 spiro atoms. The molecule has 0 aromatic heterocycles. The number of rotatable bonds is 8. The van der Waals surface area contributed by atoms with Crippen molar-refractivity contribution in [1.29, 1.82) is 0 Å². The summed E-state index contributed by atoms with van der Waals surface area (Å²) in [6.07, 6.45) is -6.03. The van der Waals surface area contributed by atoms with E-state index in [0.717, 1.165) is 5.57 Å². The molecule has 4 N–H and O–H groups in total. The van der Waals surface area contributed by atoms with Crippen molar-refractivity contribution in [3.63, 3.8) is 0 Å². The smallest absolute Gasteiger partial charge is 0.256 e. The van der Waals surface area contributed by atoms with E-state index in [2.05, 4.69) is 11.9 Å². The van der Waals surface area contributed by atoms with Crippen LogP contribution in [-0.4, -0.2) is 104 Å². The Balaban J connectivity index is 1.79. The Bertz CT molecular complexity index is 763. The van der Waals surface area contributed by atoms with Gasteiger partial charge in [0, 0.05) is 38.4 Å². The van der Waals surface area contributed by atoms with E-state index in [9.17, 15) is 20.1 Å². The normalized spacial score (nSPS) is 41.1. The molecule has 3 aliphatic rings. The molecule has 3 heterocycles. The maximum atomic E-state index is 13.2. The van der Waals surface area contributed by atoms with Crippen molar-refractivity contribution >= 4 is 5.91 Å². The van der Waals surface area contributed by atoms with Crippen molar-refractivity contribution in [2.75, 3.05) is 27.6 Å². The molecule has 0 radical (unpaired) electrons. The molecule has 1 unspecified atom stereocenters. The second kappa shape index (κ2) is 11.1. The van der Waals surface area contributed by atoms with Crippen LogP contribution in [0.4, 0.5) is 0 Å². The van der Waals surface area contributed by atoms with Crippen molar-refractivity contribution in [2.45, 2.75) is 95.3 Å². The molecule has 0 aromatic carbocycles. The fraction of sp³-hybridized carbons (Fsp3) is 0.875. The van der Waals surface area contributed by atoms with Crippen LogP contribution in [0.15, 0.2) is 12.2 Å². The lowest BCUT2D eigenvalue weighted by atomic mass is 9.72. The Morgan fingerprint density at radius 2 is 1.91 bits per heavy atom. The van der Waals surface area contributed by atoms with Gasteiger partial charge in [-0.3, -0.25) is 4.79 Å². The number of carbonyl (C=O) groups is 1. The molecular weight excluding hydrogens is 462 g/mol. The number of carbonyl (C=O) groups excluding carboxylic acids is 1. The van der Waals surface area contributed by atoms with Gasteiger partial charge in [0.05, 0.1) is 31.0 Å². The summed E-state index contributed by atoms with van der Waals surface area (Å²) in [7, 11) is 2.93. The molecule has 3 fully saturated rings. The van der Waals surface area contributed by atoms with Crippen molar-refractivity contribution < 1.29 is 48.5 Å². The van der Waals surface area contributed by atoms with Crippen LogP contribution in [0.25, 0.3) is 0 Å². The number of nitrogens with one attached hydrogen (secondary N) is 1. The third kappa shape index (κ3) is 5.43. The van der Waals surface area contributed by atoms with E-state index < -0.39 is 66.6 Å². The lowest BCUT2D eigenvalue weighted by molar-refractivity contribution is -0.333. The minimum Gasteiger partial charge on any atom is -0.394 e. The fourth-order valence-corrected chi connectivity index (χ4v) is 5.26. The van der Waals surface area contributed by atoms with Crippen LogP contribution in [0.2, 0.25) is 0 Å². The Morgan fingerprint density at radius 3 is 2.49 bits per heavy atom. The number of hydrogen-bond acceptors (Lipinski definition) is 10. The highest BCUT2D eigenvalue weighted by Gasteiger charge is 2.57. The summed E-state index contributed by atoms with van der Waals surface area (Å²) >= 11 is 0. The Kier molecular flexibility index (Phi) is 8.99. The van der Waals surface area contributed by atoms with E-state index in [0.29, 0.717) is 0 Å². The Morgan fingerprint density at radius 1 is 1.23 bits per heavy atom. The van der Waals surface area contributed by atoms with Gasteiger partial charge in [-0.2, -0.15) is 0 Å². The highest BCUT2D eigenvalue weighted by Crippen LogP contribution is 2.44. The minimum absolute atomic E-state index is 0.0456. The third-order valence-corrected chi connectivity index (χ3v) is 7.77. The number of hydrogen-bond donors (Lipinski definition) is 4. The van der Waals surface area contributed by atoms with Gasteiger partial charge in [-0.25, -0.2) is 0 Å². The lowest BCUT2D eigenvalue weighted by Crippen LogP contribution is -2.69. The van der Waals surface area contributed by atoms with Crippen LogP contribution < -0.4 is 5.32 Å². The van der Waals surface area contributed by atoms with Crippen LogP contribution in [0.5, 0.6) is 0 Å². The zero-order valence-corrected chi connectivity index (χ0v) is 21.4. The van der Waals surface area contributed by atoms with E-state index in [1.165, 1.54) is 7.11 Å². The number of fused-ring (bicyclic) bond motifs is 1. The van der Waals surface area contributed by atoms with E-state index in [1.54, 1.807) is 7.11 Å². The predicted octanol–water partition coefficient (Wildman–Crippen LogP) is 0.0582. The molecule has 0 saturated carbocycles. The number of aliphatic hydroxyl groups is 3. The number of methoxy groups -OCH3 is 2. The first-order valence-corrected chi connectivity index (χ1v) is 12.0. The number of ether oxygens (including phenoxy) is 6. The first-order chi connectivity index (χ1) is 16.4. The van der Waals surface area contributed by atoms with Gasteiger partial charge in [-0.15, -0.1) is 0 Å². The van der Waals surface area contributed by atoms with E-state index in [-0.39, 0.29) is 31.7 Å². The average Bonchev–Trinajstić information content (AvgIpc) is 2.82. The van der Waals surface area contributed by atoms with Gasteiger partial charge in [-0.1, -0.05) is 32.9 Å². The van der Waals surface area contributed by atoms with Crippen LogP contribution in [0.1, 0.15) is 40.5 Å². The van der Waals surface area contributed by atoms with Crippen LogP contribution in [0, 0.1) is 11.3 Å². The summed E-state index contributed by atoms with van der Waals surface area (Å²) in [4.78, 5) is 13.2. The summed E-state index contributed by atoms with van der Waals surface area (Å²) in [5.41, 5.74) is 0.228. The van der Waals surface area contributed by atoms with Gasteiger partial charge in [-0.05, 0) is 6.92 Å². The molecule has 11 nitrogen and oxygen atoms in total. The SMILES string of the molecule is C=C1C[C@](OC)([C@H](O)C(=O)NC2OCO[C@H]3[C@@H]2O[C@H](C[C@H](O)CO)C(C)(C)[C@@H]3OC)O[C@H](C)[C@@H]1C. The topological polar surface area (TPSA) is 145 Å².